The quantitative estimate of drug-likeness (QED) is 0.418. The van der Waals surface area contributed by atoms with E-state index >= 15 is 0 Å². The highest BCUT2D eigenvalue weighted by atomic mass is 16.5. The molecule has 3 aromatic carbocycles. The molecular weight excluding hydrogens is 430 g/mol. The maximum absolute atomic E-state index is 12.5. The van der Waals surface area contributed by atoms with Crippen LogP contribution in [0.25, 0.3) is 0 Å². The largest absolute Gasteiger partial charge is 0.493 e. The lowest BCUT2D eigenvalue weighted by Crippen LogP contribution is -2.25. The number of benzene rings is 3. The number of likely N-dealkylation sites (tertiary alicyclic amines) is 1. The van der Waals surface area contributed by atoms with E-state index in [9.17, 15) is 4.79 Å². The van der Waals surface area contributed by atoms with Crippen molar-refractivity contribution in [3.8, 4) is 23.0 Å². The third kappa shape index (κ3) is 6.89. The van der Waals surface area contributed by atoms with Crippen LogP contribution in [0.15, 0.2) is 72.8 Å². The molecule has 1 heterocycles. The summed E-state index contributed by atoms with van der Waals surface area (Å²) in [5, 5.41) is 6.03. The molecule has 0 spiro atoms. The first-order valence-corrected chi connectivity index (χ1v) is 11.6. The Bertz CT molecular complexity index is 1070. The summed E-state index contributed by atoms with van der Waals surface area (Å²) in [6.07, 6.45) is 2.54. The number of carbonyl (C=O) groups is 1. The molecule has 0 saturated carbocycles. The number of amides is 1. The van der Waals surface area contributed by atoms with Gasteiger partial charge in [0.05, 0.1) is 13.7 Å². The average molecular weight is 462 g/mol. The molecule has 0 aliphatic carbocycles. The number of hydrogen-bond acceptors (Lipinski definition) is 6. The molecule has 4 rings (SSSR count). The Labute approximate surface area is 200 Å². The molecule has 0 aromatic heterocycles. The first-order valence-electron chi connectivity index (χ1n) is 11.6. The number of anilines is 2. The fourth-order valence-electron chi connectivity index (χ4n) is 3.84. The van der Waals surface area contributed by atoms with Gasteiger partial charge in [-0.1, -0.05) is 24.3 Å². The lowest BCUT2D eigenvalue weighted by Gasteiger charge is -2.17. The number of nitrogens with one attached hydrogen (secondary N) is 2. The van der Waals surface area contributed by atoms with E-state index in [4.69, 9.17) is 14.2 Å². The van der Waals surface area contributed by atoms with E-state index in [1.165, 1.54) is 12.8 Å². The molecule has 1 aliphatic heterocycles. The normalized spacial score (nSPS) is 13.3. The van der Waals surface area contributed by atoms with Gasteiger partial charge in [-0.15, -0.1) is 0 Å². The van der Waals surface area contributed by atoms with Gasteiger partial charge in [0.1, 0.15) is 18.1 Å². The summed E-state index contributed by atoms with van der Waals surface area (Å²) >= 11 is 0. The van der Waals surface area contributed by atoms with Crippen LogP contribution in [0.1, 0.15) is 12.8 Å². The molecule has 0 radical (unpaired) electrons. The Balaban J connectivity index is 1.26. The third-order valence-corrected chi connectivity index (χ3v) is 5.58. The second kappa shape index (κ2) is 12.0. The Morgan fingerprint density at radius 3 is 2.47 bits per heavy atom. The van der Waals surface area contributed by atoms with Crippen LogP contribution in [0.2, 0.25) is 0 Å². The molecule has 178 valence electrons. The fraction of sp³-hybridized carbons (Fsp3) is 0.296. The number of carbonyl (C=O) groups excluding carboxylic acids is 1. The number of nitrogens with zero attached hydrogens (tertiary/aromatic N) is 1. The van der Waals surface area contributed by atoms with Crippen LogP contribution in [-0.4, -0.2) is 50.7 Å². The van der Waals surface area contributed by atoms with Crippen LogP contribution in [0, 0.1) is 0 Å². The van der Waals surface area contributed by atoms with Gasteiger partial charge in [-0.05, 0) is 62.3 Å². The maximum Gasteiger partial charge on any atom is 0.243 e. The first-order chi connectivity index (χ1) is 16.7. The van der Waals surface area contributed by atoms with Gasteiger partial charge in [-0.25, -0.2) is 0 Å². The van der Waals surface area contributed by atoms with Crippen molar-refractivity contribution in [2.24, 2.45) is 0 Å². The van der Waals surface area contributed by atoms with Crippen molar-refractivity contribution in [1.29, 1.82) is 0 Å². The van der Waals surface area contributed by atoms with E-state index in [1.54, 1.807) is 13.2 Å². The molecule has 7 heteroatoms. The van der Waals surface area contributed by atoms with E-state index in [1.807, 2.05) is 66.7 Å². The highest BCUT2D eigenvalue weighted by Crippen LogP contribution is 2.30. The molecule has 34 heavy (non-hydrogen) atoms. The number of methoxy groups -OCH3 is 1. The minimum atomic E-state index is -0.165. The summed E-state index contributed by atoms with van der Waals surface area (Å²) < 4.78 is 17.2. The van der Waals surface area contributed by atoms with Gasteiger partial charge in [-0.2, -0.15) is 0 Å². The molecule has 1 amide bonds. The van der Waals surface area contributed by atoms with Crippen molar-refractivity contribution in [3.05, 3.63) is 72.8 Å². The van der Waals surface area contributed by atoms with E-state index in [0.717, 1.165) is 31.1 Å². The van der Waals surface area contributed by atoms with Crippen LogP contribution in [0.4, 0.5) is 11.4 Å². The molecule has 1 aliphatic rings. The third-order valence-electron chi connectivity index (χ3n) is 5.58. The summed E-state index contributed by atoms with van der Waals surface area (Å²) in [7, 11) is 1.61. The van der Waals surface area contributed by atoms with Gasteiger partial charge in [0.15, 0.2) is 11.5 Å². The smallest absolute Gasteiger partial charge is 0.243 e. The molecule has 2 N–H and O–H groups in total. The zero-order valence-electron chi connectivity index (χ0n) is 19.5. The monoisotopic (exact) mass is 461 g/mol. The highest BCUT2D eigenvalue weighted by molar-refractivity contribution is 5.94. The Hall–Kier alpha value is -3.71. The predicted octanol–water partition coefficient (Wildman–Crippen LogP) is 5.01. The molecule has 3 aromatic rings. The lowest BCUT2D eigenvalue weighted by molar-refractivity contribution is -0.114. The van der Waals surface area contributed by atoms with Gasteiger partial charge in [-0.3, -0.25) is 9.69 Å². The van der Waals surface area contributed by atoms with E-state index in [2.05, 4.69) is 15.5 Å². The van der Waals surface area contributed by atoms with Crippen molar-refractivity contribution in [3.63, 3.8) is 0 Å². The second-order valence-electron chi connectivity index (χ2n) is 8.11. The Morgan fingerprint density at radius 2 is 1.68 bits per heavy atom. The average Bonchev–Trinajstić information content (AvgIpc) is 3.38. The highest BCUT2D eigenvalue weighted by Gasteiger charge is 2.12. The first kappa shape index (κ1) is 23.4. The molecule has 0 bridgehead atoms. The van der Waals surface area contributed by atoms with Crippen LogP contribution >= 0.6 is 0 Å². The Kier molecular flexibility index (Phi) is 8.24. The summed E-state index contributed by atoms with van der Waals surface area (Å²) in [6, 6.07) is 22.4. The molecule has 1 fully saturated rings. The van der Waals surface area contributed by atoms with Crippen molar-refractivity contribution >= 4 is 17.3 Å². The summed E-state index contributed by atoms with van der Waals surface area (Å²) in [6.45, 7) is 3.95. The summed E-state index contributed by atoms with van der Waals surface area (Å²) in [4.78, 5) is 14.9. The topological polar surface area (TPSA) is 72.1 Å². The van der Waals surface area contributed by atoms with Gasteiger partial charge >= 0.3 is 0 Å². The number of hydrogen-bond donors (Lipinski definition) is 2. The van der Waals surface area contributed by atoms with Crippen molar-refractivity contribution in [2.75, 3.05) is 50.5 Å². The standard InChI is InChI=1S/C27H31N3O4/c1-32-26-19-21(12-13-25(26)33-17-16-30-14-5-6-15-30)28-20-27(31)29-22-8-7-11-24(18-22)34-23-9-3-2-4-10-23/h2-4,7-13,18-19,28H,5-6,14-17,20H2,1H3,(H,29,31). The number of para-hydroxylation sites is 1. The van der Waals surface area contributed by atoms with Crippen molar-refractivity contribution in [1.82, 2.24) is 4.90 Å². The fourth-order valence-corrected chi connectivity index (χ4v) is 3.84. The van der Waals surface area contributed by atoms with Gasteiger partial charge < -0.3 is 24.8 Å². The SMILES string of the molecule is COc1cc(NCC(=O)Nc2cccc(Oc3ccccc3)c2)ccc1OCCN1CCCC1. The zero-order chi connectivity index (χ0) is 23.6. The molecule has 0 unspecified atom stereocenters. The predicted molar refractivity (Wildman–Crippen MR) is 134 cm³/mol. The van der Waals surface area contributed by atoms with E-state index in [-0.39, 0.29) is 12.5 Å². The molecule has 7 nitrogen and oxygen atoms in total. The molecule has 0 atom stereocenters. The minimum Gasteiger partial charge on any atom is -0.493 e. The van der Waals surface area contributed by atoms with Crippen molar-refractivity contribution < 1.29 is 19.0 Å². The number of rotatable bonds is 11. The Morgan fingerprint density at radius 1 is 0.882 bits per heavy atom. The molecule has 1 saturated heterocycles. The number of ether oxygens (including phenoxy) is 3. The van der Waals surface area contributed by atoms with Crippen LogP contribution in [-0.2, 0) is 4.79 Å². The second-order valence-corrected chi connectivity index (χ2v) is 8.11. The maximum atomic E-state index is 12.5. The molecular formula is C27H31N3O4. The van der Waals surface area contributed by atoms with Gasteiger partial charge in [0.25, 0.3) is 0 Å². The van der Waals surface area contributed by atoms with Crippen molar-refractivity contribution in [2.45, 2.75) is 12.8 Å². The van der Waals surface area contributed by atoms with Crippen LogP contribution < -0.4 is 24.8 Å². The lowest BCUT2D eigenvalue weighted by atomic mass is 10.2. The van der Waals surface area contributed by atoms with Crippen LogP contribution in [0.5, 0.6) is 23.0 Å². The summed E-state index contributed by atoms with van der Waals surface area (Å²) in [5.74, 6) is 2.57. The summed E-state index contributed by atoms with van der Waals surface area (Å²) in [5.41, 5.74) is 1.44. The van der Waals surface area contributed by atoms with E-state index in [0.29, 0.717) is 29.5 Å². The van der Waals surface area contributed by atoms with Crippen LogP contribution in [0.3, 0.4) is 0 Å². The van der Waals surface area contributed by atoms with Gasteiger partial charge in [0.2, 0.25) is 5.91 Å². The van der Waals surface area contributed by atoms with Gasteiger partial charge in [0, 0.05) is 30.1 Å². The minimum absolute atomic E-state index is 0.113. The van der Waals surface area contributed by atoms with E-state index < -0.39 is 0 Å². The zero-order valence-corrected chi connectivity index (χ0v) is 19.5.